The van der Waals surface area contributed by atoms with Gasteiger partial charge in [-0.3, -0.25) is 0 Å². The van der Waals surface area contributed by atoms with Crippen LogP contribution in [0.4, 0.5) is 0 Å². The molecule has 0 fully saturated rings. The molecule has 0 spiro atoms. The number of carbonyl (C=O) groups excluding carboxylic acids is 3. The van der Waals surface area contributed by atoms with E-state index in [1.807, 2.05) is 116 Å². The Morgan fingerprint density at radius 3 is 1.15 bits per heavy atom. The van der Waals surface area contributed by atoms with Crippen LogP contribution in [0.15, 0.2) is 112 Å². The van der Waals surface area contributed by atoms with Crippen LogP contribution in [0, 0.1) is 53.7 Å². The highest BCUT2D eigenvalue weighted by Crippen LogP contribution is 2.58. The number of rotatable bonds is 1. The normalized spacial score (nSPS) is 26.2. The van der Waals surface area contributed by atoms with Gasteiger partial charge in [0.1, 0.15) is 0 Å². The molecule has 6 heterocycles. The number of Topliss-reactive ketones (excluding diaryl/α,β-unsaturated/α-hetero) is 3. The number of hydrogen-bond acceptors (Lipinski definition) is 9. The lowest BCUT2D eigenvalue weighted by atomic mass is 9.53. The van der Waals surface area contributed by atoms with E-state index >= 15 is 0 Å². The molecule has 17 heteroatoms. The van der Waals surface area contributed by atoms with Gasteiger partial charge in [0, 0.05) is 60.8 Å². The molecule has 0 radical (unpaired) electrons. The molecule has 0 unspecified atom stereocenters. The molecule has 1 aromatic carbocycles. The third-order valence-electron chi connectivity index (χ3n) is 18.4. The molecule has 6 aliphatic rings. The molecule has 0 saturated carbocycles. The summed E-state index contributed by atoms with van der Waals surface area (Å²) in [6.07, 6.45) is 22.0. The summed E-state index contributed by atoms with van der Waals surface area (Å²) in [6.45, 7) is 40.7. The van der Waals surface area contributed by atoms with Crippen LogP contribution in [-0.2, 0) is 49.9 Å². The number of carbonyl (C=O) groups is 3. The van der Waals surface area contributed by atoms with E-state index in [1.54, 1.807) is 12.4 Å². The topological polar surface area (TPSA) is 155 Å². The number of aromatic nitrogens is 9. The smallest absolute Gasteiger partial charge is 0.226 e. The Balaban J connectivity index is 0.000000156. The van der Waals surface area contributed by atoms with Crippen molar-refractivity contribution in [3.05, 3.63) is 180 Å². The molecular formula is C63H68Br2N12O3. The Labute approximate surface area is 490 Å². The zero-order valence-electron chi connectivity index (χ0n) is 50.4. The van der Waals surface area contributed by atoms with E-state index in [-0.39, 0.29) is 52.2 Å². The van der Waals surface area contributed by atoms with Gasteiger partial charge in [-0.25, -0.2) is 43.0 Å². The monoisotopic (exact) mass is 1200 g/mol. The van der Waals surface area contributed by atoms with Gasteiger partial charge in [-0.2, -0.15) is 15.3 Å². The van der Waals surface area contributed by atoms with Crippen molar-refractivity contribution < 1.29 is 18.5 Å². The maximum absolute atomic E-state index is 12.9. The highest BCUT2D eigenvalue weighted by molar-refractivity contribution is 9.11. The molecular weight excluding hydrogens is 1130 g/mol. The van der Waals surface area contributed by atoms with Crippen LogP contribution in [0.1, 0.15) is 142 Å². The number of nitrogens with zero attached hydrogens (tertiary/aromatic N) is 12. The number of aryl methyl sites for hydroxylation is 3. The minimum absolute atomic E-state index is 0.0460. The average molecular weight is 1210 g/mol. The lowest BCUT2D eigenvalue weighted by Gasteiger charge is -2.50. The fourth-order valence-corrected chi connectivity index (χ4v) is 15.6. The summed E-state index contributed by atoms with van der Waals surface area (Å²) in [5.74, 6) is 0.225. The molecule has 0 amide bonds. The van der Waals surface area contributed by atoms with Crippen molar-refractivity contribution in [1.82, 2.24) is 43.8 Å². The second-order valence-electron chi connectivity index (χ2n) is 23.7. The summed E-state index contributed by atoms with van der Waals surface area (Å²) >= 11 is 6.99. The van der Waals surface area contributed by atoms with Crippen molar-refractivity contribution in [2.24, 2.45) is 34.0 Å². The van der Waals surface area contributed by atoms with Crippen LogP contribution in [0.25, 0.3) is 42.6 Å². The second-order valence-corrected chi connectivity index (χ2v) is 25.4. The van der Waals surface area contributed by atoms with E-state index in [9.17, 15) is 14.4 Å². The van der Waals surface area contributed by atoms with E-state index in [1.165, 1.54) is 22.2 Å². The van der Waals surface area contributed by atoms with E-state index in [0.717, 1.165) is 109 Å². The van der Waals surface area contributed by atoms with Crippen molar-refractivity contribution in [3.8, 4) is 11.1 Å². The minimum Gasteiger partial charge on any atom is -0.307 e. The Kier molecular flexibility index (Phi) is 13.9. The Morgan fingerprint density at radius 1 is 0.500 bits per heavy atom. The zero-order valence-corrected chi connectivity index (χ0v) is 50.6. The maximum atomic E-state index is 12.9. The fourth-order valence-electron chi connectivity index (χ4n) is 14.8. The molecule has 0 bridgehead atoms. The molecule has 7 aromatic rings. The van der Waals surface area contributed by atoms with Crippen molar-refractivity contribution in [3.63, 3.8) is 0 Å². The molecule has 412 valence electrons. The van der Waals surface area contributed by atoms with Crippen molar-refractivity contribution >= 4 is 66.2 Å². The lowest BCUT2D eigenvalue weighted by molar-refractivity contribution is -0.129. The number of benzene rings is 1. The molecule has 6 atom stereocenters. The van der Waals surface area contributed by atoms with E-state index in [0.29, 0.717) is 0 Å². The molecule has 80 heavy (non-hydrogen) atoms. The third kappa shape index (κ3) is 8.37. The Bertz CT molecular complexity index is 3830. The van der Waals surface area contributed by atoms with Gasteiger partial charge in [-0.05, 0) is 110 Å². The average Bonchev–Trinajstić information content (AvgIpc) is 1.80. The predicted octanol–water partition coefficient (Wildman–Crippen LogP) is 14.0. The fraction of sp³-hybridized carbons (Fsp3) is 0.429. The van der Waals surface area contributed by atoms with Crippen LogP contribution < -0.4 is 0 Å². The number of fused-ring (bicyclic) bond motifs is 15. The summed E-state index contributed by atoms with van der Waals surface area (Å²) in [5.41, 5.74) is 8.69. The zero-order chi connectivity index (χ0) is 60.9. The highest BCUT2D eigenvalue weighted by Gasteiger charge is 2.58. The number of hydrogen-bond donors (Lipinski definition) is 0. The molecule has 15 nitrogen and oxygen atoms in total. The van der Waals surface area contributed by atoms with Crippen LogP contribution in [0.2, 0.25) is 0 Å². The van der Waals surface area contributed by atoms with Gasteiger partial charge in [-0.1, -0.05) is 133 Å². The first kappa shape index (κ1) is 54.7. The Morgan fingerprint density at radius 2 is 0.812 bits per heavy atom. The number of allylic oxidation sites excluding steroid dienone is 6. The van der Waals surface area contributed by atoms with Crippen LogP contribution in [0.3, 0.4) is 0 Å². The van der Waals surface area contributed by atoms with E-state index in [2.05, 4.69) is 99.5 Å². The van der Waals surface area contributed by atoms with Gasteiger partial charge in [0.25, 0.3) is 0 Å². The van der Waals surface area contributed by atoms with Crippen LogP contribution >= 0.6 is 31.9 Å². The first-order valence-corrected chi connectivity index (χ1v) is 27.5. The minimum atomic E-state index is -0.591. The van der Waals surface area contributed by atoms with E-state index in [4.69, 9.17) is 33.9 Å². The van der Waals surface area contributed by atoms with Crippen molar-refractivity contribution in [2.45, 2.75) is 139 Å². The maximum Gasteiger partial charge on any atom is 0.226 e. The largest absolute Gasteiger partial charge is 0.307 e. The van der Waals surface area contributed by atoms with Gasteiger partial charge < -0.3 is 14.4 Å². The molecule has 6 aliphatic carbocycles. The molecule has 0 saturated heterocycles. The number of ketones is 3. The van der Waals surface area contributed by atoms with Crippen molar-refractivity contribution in [1.29, 1.82) is 0 Å². The summed E-state index contributed by atoms with van der Waals surface area (Å²) in [7, 11) is 3.75. The standard InChI is InChI=1S/C24H22N4O.2C18H17BrN4O.3CH4/c1-23(2)19-11-10-16-13-26-22-17(15-8-6-5-7-9-15)14-27-28(22)20(16)24(19,3)12-18(25-4)21(23)29;2*1-17(2)13-6-5-10-8-21-16-11(19)9-22-23(16)14(10)18(13,3)7-12(20-4)15(17)24;;;/h5-9,12-14,19H,10-11H2,1-3H3;2*7-9,13H,5-6H2,1-3H3;3*1H4/t19-,24-;2*13-,18-;;;/m000.../s1/i;;;3*1T. The first-order valence-electron chi connectivity index (χ1n) is 28.9. The quantitative estimate of drug-likeness (QED) is 0.146. The Hall–Kier alpha value is -7.26. The third-order valence-corrected chi connectivity index (χ3v) is 19.5. The van der Waals surface area contributed by atoms with Crippen LogP contribution in [-0.4, -0.2) is 61.1 Å². The summed E-state index contributed by atoms with van der Waals surface area (Å²) in [6, 6.07) is 10.1. The van der Waals surface area contributed by atoms with Gasteiger partial charge in [0.05, 0.1) is 64.3 Å². The molecule has 0 N–H and O–H groups in total. The molecule has 6 aromatic heterocycles. The summed E-state index contributed by atoms with van der Waals surface area (Å²) in [4.78, 5) is 62.8. The highest BCUT2D eigenvalue weighted by atomic mass is 79.9. The van der Waals surface area contributed by atoms with Crippen molar-refractivity contribution in [2.75, 3.05) is 0 Å². The lowest BCUT2D eigenvalue weighted by Crippen LogP contribution is -2.51. The molecule has 0 aliphatic heterocycles. The summed E-state index contributed by atoms with van der Waals surface area (Å²) in [5, 5.41) is 13.7. The first-order chi connectivity index (χ1) is 39.5. The predicted molar refractivity (Wildman–Crippen MR) is 318 cm³/mol. The van der Waals surface area contributed by atoms with Gasteiger partial charge in [0.15, 0.2) is 34.3 Å². The second kappa shape index (κ2) is 20.4. The number of halogens is 2. The van der Waals surface area contributed by atoms with Gasteiger partial charge >= 0.3 is 0 Å². The summed E-state index contributed by atoms with van der Waals surface area (Å²) < 4.78 is 24.6. The van der Waals surface area contributed by atoms with Gasteiger partial charge in [0.2, 0.25) is 17.1 Å². The van der Waals surface area contributed by atoms with Crippen LogP contribution in [0.5, 0.6) is 0 Å². The molecule has 13 rings (SSSR count). The SMILES string of the molecule is [3H]C.[3H]C.[3H]C.[C-]#[N+]C1=C[C@]2(C)c3c(cnc4c(-c5ccccc5)cnn34)CC[C@H]2C(C)(C)C1=O.[C-]#[N+]C1=C[C@]2(C)c3c(cnc4c(Br)cnn34)CC[C@H]2C(C)(C)C1=O.[C-]#[N+]C1=C[C@]2(C)c3c(cnc4c(Br)cnn34)CC[C@H]2C(C)(C)C1=O. The van der Waals surface area contributed by atoms with E-state index < -0.39 is 32.5 Å². The van der Waals surface area contributed by atoms with Gasteiger partial charge in [-0.15, -0.1) is 0 Å².